The van der Waals surface area contributed by atoms with Gasteiger partial charge in [-0.15, -0.1) is 0 Å². The summed E-state index contributed by atoms with van der Waals surface area (Å²) in [6.07, 6.45) is 0. The first-order chi connectivity index (χ1) is 0. The second kappa shape index (κ2) is 53.9. The summed E-state index contributed by atoms with van der Waals surface area (Å²) in [6, 6.07) is 0. The predicted molar refractivity (Wildman–Crippen MR) is 7.81 cm³/mol. The van der Waals surface area contributed by atoms with Gasteiger partial charge in [-0.25, -0.2) is 0 Å². The van der Waals surface area contributed by atoms with Crippen LogP contribution in [0.4, 0.5) is 0 Å². The summed E-state index contributed by atoms with van der Waals surface area (Å²) in [4.78, 5) is 0. The summed E-state index contributed by atoms with van der Waals surface area (Å²) in [6.45, 7) is 0. The fourth-order valence-corrected chi connectivity index (χ4v) is 0. The molecule has 0 radical (unpaired) electrons. The van der Waals surface area contributed by atoms with Crippen LogP contribution in [0.1, 0.15) is 0 Å². The Kier molecular flexibility index (Phi) is 1040. The summed E-state index contributed by atoms with van der Waals surface area (Å²) >= 11 is 0. The minimum Gasteiger partial charge on any atom is -2.00 e. The van der Waals surface area contributed by atoms with E-state index in [1.165, 1.54) is 0 Å². The van der Waals surface area contributed by atoms with Gasteiger partial charge >= 0.3 is 45.6 Å². The van der Waals surface area contributed by atoms with E-state index in [-0.39, 0.29) is 62.1 Å². The summed E-state index contributed by atoms with van der Waals surface area (Å²) in [5, 5.41) is 0. The molecule has 5 heteroatoms. The van der Waals surface area contributed by atoms with Crippen LogP contribution in [0, 0.1) is 0 Å². The SMILES string of the molecule is [Ga+3].[O-2].[O-2].[O-2].[Sc+3]. The number of hydrogen-bond acceptors (Lipinski definition) is 0. The van der Waals surface area contributed by atoms with E-state index >= 15 is 0 Å². The zero-order chi connectivity index (χ0) is 0. The van der Waals surface area contributed by atoms with E-state index < -0.39 is 0 Å². The molecule has 0 rings (SSSR count). The van der Waals surface area contributed by atoms with Crippen molar-refractivity contribution < 1.29 is 42.3 Å². The molecule has 0 fully saturated rings. The normalized spacial score (nSPS) is 0. The Labute approximate surface area is 61.9 Å². The van der Waals surface area contributed by atoms with Crippen LogP contribution in [0.5, 0.6) is 0 Å². The second-order valence-corrected chi connectivity index (χ2v) is 0. The van der Waals surface area contributed by atoms with Crippen molar-refractivity contribution in [1.82, 2.24) is 0 Å². The Balaban J connectivity index is 0. The van der Waals surface area contributed by atoms with Crippen molar-refractivity contribution in [2.24, 2.45) is 0 Å². The summed E-state index contributed by atoms with van der Waals surface area (Å²) in [5.74, 6) is 0. The van der Waals surface area contributed by atoms with Crippen LogP contribution in [-0.4, -0.2) is 19.8 Å². The minimum absolute atomic E-state index is 0. The van der Waals surface area contributed by atoms with Gasteiger partial charge in [-0.05, 0) is 0 Å². The van der Waals surface area contributed by atoms with E-state index in [0.717, 1.165) is 0 Å². The molecule has 24 valence electrons. The quantitative estimate of drug-likeness (QED) is 0.421. The van der Waals surface area contributed by atoms with E-state index in [0.29, 0.717) is 0 Å². The monoisotopic (exact) mass is 162 g/mol. The van der Waals surface area contributed by atoms with Crippen LogP contribution < -0.4 is 0 Å². The molecule has 0 spiro atoms. The molecule has 0 N–H and O–H groups in total. The molecule has 0 saturated carbocycles. The molecule has 0 aromatic carbocycles. The van der Waals surface area contributed by atoms with Gasteiger partial charge < -0.3 is 16.4 Å². The Morgan fingerprint density at radius 1 is 0.600 bits per heavy atom. The van der Waals surface area contributed by atoms with Gasteiger partial charge in [0.2, 0.25) is 0 Å². The molecule has 5 heavy (non-hydrogen) atoms. The standard InChI is InChI=1S/Ga.3O.Sc/q+3;3*-2;+3. The Bertz CT molecular complexity index is 6.85. The molecular formula is GaO3Sc. The first kappa shape index (κ1) is 96.4. The molecule has 0 saturated heterocycles. The van der Waals surface area contributed by atoms with Crippen LogP contribution in [0.15, 0.2) is 0 Å². The maximum atomic E-state index is 0. The number of hydrogen-bond donors (Lipinski definition) is 0. The first-order valence-corrected chi connectivity index (χ1v) is 0. The molecule has 0 aliphatic rings. The van der Waals surface area contributed by atoms with Gasteiger partial charge in [-0.3, -0.25) is 0 Å². The molecule has 0 aromatic heterocycles. The van der Waals surface area contributed by atoms with Gasteiger partial charge in [0.1, 0.15) is 0 Å². The van der Waals surface area contributed by atoms with Crippen LogP contribution >= 0.6 is 0 Å². The molecule has 0 aromatic rings. The summed E-state index contributed by atoms with van der Waals surface area (Å²) < 4.78 is 0. The second-order valence-electron chi connectivity index (χ2n) is 0. The van der Waals surface area contributed by atoms with Crippen molar-refractivity contribution in [3.63, 3.8) is 0 Å². The zero-order valence-electron chi connectivity index (χ0n) is 2.38. The van der Waals surface area contributed by atoms with Crippen molar-refractivity contribution in [1.29, 1.82) is 0 Å². The van der Waals surface area contributed by atoms with Gasteiger partial charge in [0.25, 0.3) is 0 Å². The van der Waals surface area contributed by atoms with Crippen molar-refractivity contribution in [2.45, 2.75) is 0 Å². The third-order valence-electron chi connectivity index (χ3n) is 0. The van der Waals surface area contributed by atoms with Gasteiger partial charge in [0.05, 0.1) is 0 Å². The molecule has 0 aliphatic carbocycles. The van der Waals surface area contributed by atoms with Gasteiger partial charge in [-0.2, -0.15) is 0 Å². The molecule has 0 atom stereocenters. The van der Waals surface area contributed by atoms with Crippen molar-refractivity contribution in [2.75, 3.05) is 0 Å². The van der Waals surface area contributed by atoms with E-state index in [9.17, 15) is 0 Å². The van der Waals surface area contributed by atoms with Gasteiger partial charge in [0, 0.05) is 0 Å². The molecule has 0 unspecified atom stereocenters. The maximum Gasteiger partial charge on any atom is 3.00 e. The van der Waals surface area contributed by atoms with Crippen LogP contribution in [-0.2, 0) is 42.3 Å². The summed E-state index contributed by atoms with van der Waals surface area (Å²) in [7, 11) is 0. The van der Waals surface area contributed by atoms with Crippen molar-refractivity contribution >= 4 is 19.8 Å². The fourth-order valence-electron chi connectivity index (χ4n) is 0. The molecule has 0 heterocycles. The fraction of sp³-hybridized carbons (Fsp3) is 0. The van der Waals surface area contributed by atoms with E-state index in [4.69, 9.17) is 0 Å². The van der Waals surface area contributed by atoms with Crippen LogP contribution in [0.3, 0.4) is 0 Å². The van der Waals surface area contributed by atoms with E-state index in [1.54, 1.807) is 0 Å². The van der Waals surface area contributed by atoms with Crippen LogP contribution in [0.2, 0.25) is 0 Å². The maximum absolute atomic E-state index is 0. The molecule has 0 bridgehead atoms. The minimum atomic E-state index is 0. The topological polar surface area (TPSA) is 85.5 Å². The Morgan fingerprint density at radius 2 is 0.600 bits per heavy atom. The van der Waals surface area contributed by atoms with Crippen molar-refractivity contribution in [3.8, 4) is 0 Å². The largest absolute Gasteiger partial charge is 3.00 e. The predicted octanol–water partition coefficient (Wildman–Crippen LogP) is -0.740. The Morgan fingerprint density at radius 3 is 0.600 bits per heavy atom. The third-order valence-corrected chi connectivity index (χ3v) is 0. The van der Waals surface area contributed by atoms with Crippen LogP contribution in [0.25, 0.3) is 0 Å². The van der Waals surface area contributed by atoms with E-state index in [2.05, 4.69) is 0 Å². The smallest absolute Gasteiger partial charge is 2.00 e. The molecule has 0 aliphatic heterocycles. The Hall–Kier alpha value is 1.39. The average molecular weight is 163 g/mol. The van der Waals surface area contributed by atoms with Gasteiger partial charge in [0.15, 0.2) is 0 Å². The van der Waals surface area contributed by atoms with E-state index in [1.807, 2.05) is 0 Å². The third kappa shape index (κ3) is 32.1. The first-order valence-electron chi connectivity index (χ1n) is 0. The summed E-state index contributed by atoms with van der Waals surface area (Å²) in [5.41, 5.74) is 0. The number of rotatable bonds is 0. The average Bonchev–Trinajstić information content (AvgIpc) is 0. The molecular weight excluding hydrogens is 163 g/mol. The van der Waals surface area contributed by atoms with Crippen molar-refractivity contribution in [3.05, 3.63) is 0 Å². The van der Waals surface area contributed by atoms with Gasteiger partial charge in [-0.1, -0.05) is 0 Å². The molecule has 3 nitrogen and oxygen atoms in total. The zero-order valence-corrected chi connectivity index (χ0v) is 6.61. The molecule has 0 amide bonds.